The number of nitrogens with zero attached hydrogens (tertiary/aromatic N) is 2. The predicted octanol–water partition coefficient (Wildman–Crippen LogP) is 5.44. The molecule has 0 saturated heterocycles. The molecule has 2 aliphatic rings. The molecule has 0 atom stereocenters. The van der Waals surface area contributed by atoms with E-state index in [-0.39, 0.29) is 5.97 Å². The highest BCUT2D eigenvalue weighted by Crippen LogP contribution is 2.42. The van der Waals surface area contributed by atoms with Crippen LogP contribution in [-0.4, -0.2) is 29.3 Å². The summed E-state index contributed by atoms with van der Waals surface area (Å²) in [6.07, 6.45) is 5.46. The molecule has 4 rings (SSSR count). The first kappa shape index (κ1) is 20.7. The maximum Gasteiger partial charge on any atom is 0.338 e. The standard InChI is InChI=1S/C11H12ClNO2.C10H10ClNO/c1-6-8(11(14)15-2)5-9(12)13-10(6)7-3-4-7;1-6-8(5-13)4-9(11)12-10(6)7-2-3-7/h5,7H,3-4H2,1-2H3;4-5,7H,2-3H2,1H3. The highest BCUT2D eigenvalue weighted by atomic mass is 35.5. The van der Waals surface area contributed by atoms with Crippen molar-refractivity contribution in [2.24, 2.45) is 0 Å². The van der Waals surface area contributed by atoms with Gasteiger partial charge in [-0.15, -0.1) is 0 Å². The maximum absolute atomic E-state index is 11.5. The summed E-state index contributed by atoms with van der Waals surface area (Å²) < 4.78 is 4.70. The molecule has 0 N–H and O–H groups in total. The molecule has 0 bridgehead atoms. The van der Waals surface area contributed by atoms with Crippen molar-refractivity contribution in [3.63, 3.8) is 0 Å². The summed E-state index contributed by atoms with van der Waals surface area (Å²) >= 11 is 11.7. The molecule has 28 heavy (non-hydrogen) atoms. The van der Waals surface area contributed by atoms with Gasteiger partial charge in [-0.1, -0.05) is 23.2 Å². The Kier molecular flexibility index (Phi) is 6.36. The fraction of sp³-hybridized carbons (Fsp3) is 0.429. The van der Waals surface area contributed by atoms with E-state index in [1.165, 1.54) is 20.0 Å². The molecule has 0 aliphatic heterocycles. The lowest BCUT2D eigenvalue weighted by molar-refractivity contribution is 0.0599. The van der Waals surface area contributed by atoms with Crippen LogP contribution in [0.5, 0.6) is 0 Å². The second-order valence-corrected chi connectivity index (χ2v) is 7.98. The van der Waals surface area contributed by atoms with Crippen LogP contribution in [0.2, 0.25) is 10.3 Å². The summed E-state index contributed by atoms with van der Waals surface area (Å²) in [5.41, 5.74) is 5.04. The molecule has 0 spiro atoms. The van der Waals surface area contributed by atoms with Gasteiger partial charge in [0.25, 0.3) is 0 Å². The van der Waals surface area contributed by atoms with Gasteiger partial charge >= 0.3 is 5.97 Å². The van der Waals surface area contributed by atoms with Crippen molar-refractivity contribution in [1.82, 2.24) is 9.97 Å². The average Bonchev–Trinajstić information content (AvgIpc) is 3.57. The number of aromatic nitrogens is 2. The fourth-order valence-corrected chi connectivity index (χ4v) is 3.57. The van der Waals surface area contributed by atoms with Gasteiger partial charge < -0.3 is 4.74 Å². The molecule has 0 unspecified atom stereocenters. The summed E-state index contributed by atoms with van der Waals surface area (Å²) in [5.74, 6) is 0.670. The Hall–Kier alpha value is -1.98. The zero-order valence-corrected chi connectivity index (χ0v) is 17.6. The predicted molar refractivity (Wildman–Crippen MR) is 109 cm³/mol. The van der Waals surface area contributed by atoms with Crippen LogP contribution in [-0.2, 0) is 4.74 Å². The number of esters is 1. The third kappa shape index (κ3) is 4.70. The van der Waals surface area contributed by atoms with Gasteiger partial charge in [0.2, 0.25) is 0 Å². The Morgan fingerprint density at radius 1 is 1.00 bits per heavy atom. The average molecular weight is 421 g/mol. The molecule has 0 amide bonds. The second kappa shape index (κ2) is 8.58. The van der Waals surface area contributed by atoms with Crippen molar-refractivity contribution < 1.29 is 14.3 Å². The van der Waals surface area contributed by atoms with Gasteiger partial charge in [0.15, 0.2) is 0 Å². The van der Waals surface area contributed by atoms with Crippen molar-refractivity contribution in [3.8, 4) is 0 Å². The number of ether oxygens (including phenoxy) is 1. The Morgan fingerprint density at radius 3 is 1.96 bits per heavy atom. The molecule has 2 aliphatic carbocycles. The largest absolute Gasteiger partial charge is 0.465 e. The molecule has 7 heteroatoms. The Balaban J connectivity index is 0.000000162. The van der Waals surface area contributed by atoms with Crippen LogP contribution in [0, 0.1) is 13.8 Å². The van der Waals surface area contributed by atoms with Crippen molar-refractivity contribution in [3.05, 3.63) is 56.1 Å². The van der Waals surface area contributed by atoms with Crippen LogP contribution in [0.15, 0.2) is 12.1 Å². The molecular weight excluding hydrogens is 399 g/mol. The molecular formula is C21H22Cl2N2O3. The first-order chi connectivity index (χ1) is 13.3. The quantitative estimate of drug-likeness (QED) is 0.374. The maximum atomic E-state index is 11.5. The van der Waals surface area contributed by atoms with Gasteiger partial charge in [0.1, 0.15) is 16.6 Å². The van der Waals surface area contributed by atoms with Gasteiger partial charge in [-0.05, 0) is 62.8 Å². The Bertz CT molecular complexity index is 922. The number of methoxy groups -OCH3 is 1. The molecule has 2 fully saturated rings. The van der Waals surface area contributed by atoms with E-state index in [4.69, 9.17) is 27.9 Å². The Labute approximate surface area is 174 Å². The first-order valence-electron chi connectivity index (χ1n) is 9.23. The lowest BCUT2D eigenvalue weighted by atomic mass is 10.1. The molecule has 5 nitrogen and oxygen atoms in total. The zero-order valence-electron chi connectivity index (χ0n) is 16.1. The third-order valence-corrected chi connectivity index (χ3v) is 5.45. The molecule has 0 radical (unpaired) electrons. The smallest absolute Gasteiger partial charge is 0.338 e. The first-order valence-corrected chi connectivity index (χ1v) is 9.98. The van der Waals surface area contributed by atoms with Crippen molar-refractivity contribution in [2.45, 2.75) is 51.4 Å². The summed E-state index contributed by atoms with van der Waals surface area (Å²) in [5, 5.41) is 0.789. The number of hydrogen-bond acceptors (Lipinski definition) is 5. The van der Waals surface area contributed by atoms with Crippen LogP contribution in [0.1, 0.15) is 80.7 Å². The second-order valence-electron chi connectivity index (χ2n) is 7.21. The number of pyridine rings is 2. The summed E-state index contributed by atoms with van der Waals surface area (Å²) in [4.78, 5) is 30.7. The normalized spacial score (nSPS) is 15.5. The minimum atomic E-state index is -0.348. The molecule has 2 aromatic rings. The van der Waals surface area contributed by atoms with E-state index >= 15 is 0 Å². The van der Waals surface area contributed by atoms with E-state index in [9.17, 15) is 9.59 Å². The number of aldehydes is 1. The summed E-state index contributed by atoms with van der Waals surface area (Å²) in [7, 11) is 1.37. The SMILES string of the molecule is COC(=O)c1cc(Cl)nc(C2CC2)c1C.Cc1c(C=O)cc(Cl)nc1C1CC1. The van der Waals surface area contributed by atoms with E-state index in [2.05, 4.69) is 9.97 Å². The molecule has 2 aromatic heterocycles. The fourth-order valence-electron chi connectivity index (χ4n) is 3.17. The van der Waals surface area contributed by atoms with E-state index in [1.807, 2.05) is 13.8 Å². The molecule has 148 valence electrons. The number of carbonyl (C=O) groups excluding carboxylic acids is 2. The summed E-state index contributed by atoms with van der Waals surface area (Å²) in [6, 6.07) is 3.18. The van der Waals surface area contributed by atoms with Gasteiger partial charge in [0, 0.05) is 28.8 Å². The number of hydrogen-bond donors (Lipinski definition) is 0. The van der Waals surface area contributed by atoms with E-state index < -0.39 is 0 Å². The molecule has 2 heterocycles. The number of carbonyl (C=O) groups is 2. The van der Waals surface area contributed by atoms with Crippen molar-refractivity contribution in [1.29, 1.82) is 0 Å². The van der Waals surface area contributed by atoms with Crippen LogP contribution in [0.25, 0.3) is 0 Å². The van der Waals surface area contributed by atoms with Crippen LogP contribution in [0.3, 0.4) is 0 Å². The minimum Gasteiger partial charge on any atom is -0.465 e. The number of rotatable bonds is 4. The molecule has 2 saturated carbocycles. The summed E-state index contributed by atoms with van der Waals surface area (Å²) in [6.45, 7) is 3.82. The lowest BCUT2D eigenvalue weighted by Crippen LogP contribution is -2.07. The van der Waals surface area contributed by atoms with E-state index in [0.717, 1.165) is 41.6 Å². The van der Waals surface area contributed by atoms with Crippen LogP contribution in [0.4, 0.5) is 0 Å². The number of halogens is 2. The minimum absolute atomic E-state index is 0.348. The van der Waals surface area contributed by atoms with Gasteiger partial charge in [0.05, 0.1) is 12.7 Å². The highest BCUT2D eigenvalue weighted by Gasteiger charge is 2.29. The lowest BCUT2D eigenvalue weighted by Gasteiger charge is -2.08. The van der Waals surface area contributed by atoms with Crippen LogP contribution < -0.4 is 0 Å². The third-order valence-electron chi connectivity index (χ3n) is 5.06. The molecule has 0 aromatic carbocycles. The van der Waals surface area contributed by atoms with E-state index in [0.29, 0.717) is 33.3 Å². The van der Waals surface area contributed by atoms with Gasteiger partial charge in [-0.3, -0.25) is 4.79 Å². The van der Waals surface area contributed by atoms with Gasteiger partial charge in [-0.25, -0.2) is 14.8 Å². The van der Waals surface area contributed by atoms with Crippen molar-refractivity contribution >= 4 is 35.5 Å². The van der Waals surface area contributed by atoms with E-state index in [1.54, 1.807) is 12.1 Å². The van der Waals surface area contributed by atoms with Crippen LogP contribution >= 0.6 is 23.2 Å². The topological polar surface area (TPSA) is 69.2 Å². The zero-order chi connectivity index (χ0) is 20.4. The monoisotopic (exact) mass is 420 g/mol. The Morgan fingerprint density at radius 2 is 1.50 bits per heavy atom. The highest BCUT2D eigenvalue weighted by molar-refractivity contribution is 6.30. The van der Waals surface area contributed by atoms with Crippen molar-refractivity contribution in [2.75, 3.05) is 7.11 Å². The van der Waals surface area contributed by atoms with Gasteiger partial charge in [-0.2, -0.15) is 0 Å².